The van der Waals surface area contributed by atoms with Gasteiger partial charge < -0.3 is 35.4 Å². The van der Waals surface area contributed by atoms with E-state index < -0.39 is 82.7 Å². The molecule has 7 atom stereocenters. The molecule has 1 saturated carbocycles. The van der Waals surface area contributed by atoms with Crippen LogP contribution in [0.4, 0.5) is 0 Å². The van der Waals surface area contributed by atoms with Gasteiger partial charge in [0.15, 0.2) is 23.0 Å². The molecule has 4 aliphatic rings. The summed E-state index contributed by atoms with van der Waals surface area (Å²) in [7, 11) is 0. The number of benzene rings is 1. The fraction of sp³-hybridized carbons (Fsp3) is 0.480. The van der Waals surface area contributed by atoms with Gasteiger partial charge in [0, 0.05) is 36.0 Å². The van der Waals surface area contributed by atoms with E-state index in [9.17, 15) is 45.0 Å². The Balaban J connectivity index is 1.62. The summed E-state index contributed by atoms with van der Waals surface area (Å²) in [6.45, 7) is 2.88. The fourth-order valence-electron chi connectivity index (χ4n) is 5.82. The number of ketones is 3. The monoisotopic (exact) mass is 486 g/mol. The molecule has 5 rings (SSSR count). The Morgan fingerprint density at radius 2 is 1.74 bits per heavy atom. The van der Waals surface area contributed by atoms with Crippen molar-refractivity contribution < 1.29 is 49.8 Å². The zero-order valence-corrected chi connectivity index (χ0v) is 19.1. The van der Waals surface area contributed by atoms with Gasteiger partial charge in [-0.05, 0) is 26.0 Å². The molecule has 0 bridgehead atoms. The summed E-state index contributed by atoms with van der Waals surface area (Å²) in [6.07, 6.45) is -2.78. The predicted octanol–water partition coefficient (Wildman–Crippen LogP) is -0.215. The quantitative estimate of drug-likeness (QED) is 0.311. The van der Waals surface area contributed by atoms with Crippen molar-refractivity contribution in [1.82, 2.24) is 0 Å². The molecule has 1 saturated heterocycles. The molecule has 1 aliphatic heterocycles. The van der Waals surface area contributed by atoms with E-state index in [-0.39, 0.29) is 28.7 Å². The van der Waals surface area contributed by atoms with E-state index >= 15 is 0 Å². The maximum atomic E-state index is 13.5. The zero-order chi connectivity index (χ0) is 25.7. The van der Waals surface area contributed by atoms with Crippen LogP contribution in [0.5, 0.6) is 5.75 Å². The van der Waals surface area contributed by atoms with Gasteiger partial charge in [0.2, 0.25) is 0 Å². The largest absolute Gasteiger partial charge is 0.507 e. The van der Waals surface area contributed by atoms with Crippen LogP contribution in [0, 0.1) is 0 Å². The smallest absolute Gasteiger partial charge is 0.198 e. The normalized spacial score (nSPS) is 40.9. The molecular weight excluding hydrogens is 460 g/mol. The molecule has 10 nitrogen and oxygen atoms in total. The molecule has 2 fully saturated rings. The number of aliphatic hydroxyl groups excluding tert-OH is 2. The summed E-state index contributed by atoms with van der Waals surface area (Å²) in [5.41, 5.74) is -8.12. The number of fused-ring (bicyclic) bond motifs is 3. The summed E-state index contributed by atoms with van der Waals surface area (Å²) >= 11 is 0. The van der Waals surface area contributed by atoms with Crippen LogP contribution in [0.1, 0.15) is 65.5 Å². The van der Waals surface area contributed by atoms with E-state index in [0.29, 0.717) is 0 Å². The van der Waals surface area contributed by atoms with Crippen LogP contribution in [0.15, 0.2) is 35.4 Å². The average Bonchev–Trinajstić information content (AvgIpc) is 2.75. The predicted molar refractivity (Wildman–Crippen MR) is 118 cm³/mol. The third-order valence-corrected chi connectivity index (χ3v) is 7.59. The van der Waals surface area contributed by atoms with Crippen LogP contribution >= 0.6 is 0 Å². The number of carbonyl (C=O) groups is 3. The van der Waals surface area contributed by atoms with E-state index in [0.717, 1.165) is 12.2 Å². The minimum atomic E-state index is -2.75. The number of carbonyl (C=O) groups excluding carboxylic acids is 3. The lowest BCUT2D eigenvalue weighted by atomic mass is 9.57. The molecule has 6 N–H and O–H groups in total. The molecule has 0 amide bonds. The zero-order valence-electron chi connectivity index (χ0n) is 19.1. The van der Waals surface area contributed by atoms with Gasteiger partial charge in [-0.1, -0.05) is 12.1 Å². The molecule has 186 valence electrons. The van der Waals surface area contributed by atoms with E-state index in [1.807, 2.05) is 0 Å². The van der Waals surface area contributed by atoms with Crippen LogP contribution in [0.25, 0.3) is 0 Å². The molecule has 0 radical (unpaired) electrons. The minimum Gasteiger partial charge on any atom is -0.507 e. The van der Waals surface area contributed by atoms with Crippen molar-refractivity contribution in [1.29, 1.82) is 0 Å². The van der Waals surface area contributed by atoms with Crippen molar-refractivity contribution >= 4 is 17.3 Å². The van der Waals surface area contributed by atoms with Gasteiger partial charge in [0.05, 0.1) is 35.0 Å². The summed E-state index contributed by atoms with van der Waals surface area (Å²) in [5.74, 6) is -3.30. The summed E-state index contributed by atoms with van der Waals surface area (Å²) in [4.78, 5) is 40.0. The number of hydrogen-bond acceptors (Lipinski definition) is 10. The Morgan fingerprint density at radius 3 is 2.40 bits per heavy atom. The molecule has 10 heteroatoms. The summed E-state index contributed by atoms with van der Waals surface area (Å²) in [5, 5.41) is 64.1. The SMILES string of the molecule is C[C@H]1O[C@@H](c2ccc3c(c2O)C(=O)C2=C(C3=O)[C@]3(O)C(=O)C[C@@](C)(O)C[C@]3(O)C=C2)C[C@@H](O)[C@@H]1O. The number of ether oxygens (including phenoxy) is 1. The number of phenolic OH excluding ortho intramolecular Hbond substituents is 1. The molecule has 35 heavy (non-hydrogen) atoms. The van der Waals surface area contributed by atoms with E-state index in [1.165, 1.54) is 19.1 Å². The molecule has 3 aliphatic carbocycles. The minimum absolute atomic E-state index is 0.0605. The molecule has 0 unspecified atom stereocenters. The highest BCUT2D eigenvalue weighted by molar-refractivity contribution is 6.31. The van der Waals surface area contributed by atoms with E-state index in [2.05, 4.69) is 0 Å². The van der Waals surface area contributed by atoms with Gasteiger partial charge in [0.1, 0.15) is 17.5 Å². The second kappa shape index (κ2) is 7.39. The maximum Gasteiger partial charge on any atom is 0.198 e. The first-order chi connectivity index (χ1) is 16.2. The van der Waals surface area contributed by atoms with Gasteiger partial charge in [-0.25, -0.2) is 0 Å². The molecule has 0 aromatic heterocycles. The lowest BCUT2D eigenvalue weighted by Gasteiger charge is -2.51. The Kier molecular flexibility index (Phi) is 5.06. The number of hydrogen-bond donors (Lipinski definition) is 6. The van der Waals surface area contributed by atoms with Crippen LogP contribution in [0.3, 0.4) is 0 Å². The third kappa shape index (κ3) is 3.15. The van der Waals surface area contributed by atoms with Crippen LogP contribution < -0.4 is 0 Å². The third-order valence-electron chi connectivity index (χ3n) is 7.59. The first-order valence-corrected chi connectivity index (χ1v) is 11.3. The standard InChI is InChI=1S/C25H26O10/c1-10-19(28)14(26)7-15(35-10)11-3-4-12-17(20(11)29)21(30)13-5-6-24(33)9-23(2,32)8-16(27)25(24,34)18(13)22(12)31/h3-6,10,14-15,19,26,28-29,32-34H,7-9H2,1-2H3/t10-,14-,15-,19-,23-,24-,25-/m1/s1. The van der Waals surface area contributed by atoms with Crippen LogP contribution in [-0.2, 0) is 9.53 Å². The van der Waals surface area contributed by atoms with E-state index in [1.54, 1.807) is 6.92 Å². The van der Waals surface area contributed by atoms with Gasteiger partial charge in [0.25, 0.3) is 0 Å². The van der Waals surface area contributed by atoms with Gasteiger partial charge in [-0.3, -0.25) is 14.4 Å². The average molecular weight is 486 g/mol. The fourth-order valence-corrected chi connectivity index (χ4v) is 5.82. The second-order valence-electron chi connectivity index (χ2n) is 10.2. The van der Waals surface area contributed by atoms with Crippen molar-refractivity contribution in [3.05, 3.63) is 52.1 Å². The Labute approximate surface area is 199 Å². The number of allylic oxidation sites excluding steroid dienone is 2. The van der Waals surface area contributed by atoms with Gasteiger partial charge in [-0.2, -0.15) is 0 Å². The number of aliphatic hydroxyl groups is 5. The van der Waals surface area contributed by atoms with Crippen LogP contribution in [-0.4, -0.2) is 83.1 Å². The van der Waals surface area contributed by atoms with Crippen molar-refractivity contribution in [2.75, 3.05) is 0 Å². The molecule has 1 aromatic rings. The second-order valence-corrected chi connectivity index (χ2v) is 10.2. The Morgan fingerprint density at radius 1 is 1.06 bits per heavy atom. The lowest BCUT2D eigenvalue weighted by molar-refractivity contribution is -0.183. The van der Waals surface area contributed by atoms with Crippen molar-refractivity contribution in [2.24, 2.45) is 0 Å². The molecule has 1 heterocycles. The molecule has 1 aromatic carbocycles. The highest BCUT2D eigenvalue weighted by atomic mass is 16.5. The topological polar surface area (TPSA) is 182 Å². The lowest BCUT2D eigenvalue weighted by Crippen LogP contribution is -2.69. The van der Waals surface area contributed by atoms with Crippen molar-refractivity contribution in [2.45, 2.75) is 74.3 Å². The number of rotatable bonds is 1. The number of phenols is 1. The first-order valence-electron chi connectivity index (χ1n) is 11.3. The molecule has 0 spiro atoms. The first kappa shape index (κ1) is 24.0. The molecular formula is C25H26O10. The number of aromatic hydroxyl groups is 1. The van der Waals surface area contributed by atoms with Crippen molar-refractivity contribution in [3.63, 3.8) is 0 Å². The summed E-state index contributed by atoms with van der Waals surface area (Å²) < 4.78 is 5.70. The van der Waals surface area contributed by atoms with E-state index in [4.69, 9.17) is 4.74 Å². The highest BCUT2D eigenvalue weighted by Crippen LogP contribution is 2.51. The van der Waals surface area contributed by atoms with Gasteiger partial charge >= 0.3 is 0 Å². The maximum absolute atomic E-state index is 13.5. The Bertz CT molecular complexity index is 1230. The summed E-state index contributed by atoms with van der Waals surface area (Å²) in [6, 6.07) is 2.60. The van der Waals surface area contributed by atoms with Crippen molar-refractivity contribution in [3.8, 4) is 5.75 Å². The Hall–Kier alpha value is -2.73. The van der Waals surface area contributed by atoms with Gasteiger partial charge in [-0.15, -0.1) is 0 Å². The highest BCUT2D eigenvalue weighted by Gasteiger charge is 2.66. The number of Topliss-reactive ketones (excluding diaryl/α,β-unsaturated/α-hetero) is 3. The van der Waals surface area contributed by atoms with Crippen LogP contribution in [0.2, 0.25) is 0 Å².